The van der Waals surface area contributed by atoms with Crippen LogP contribution in [0.2, 0.25) is 0 Å². The second kappa shape index (κ2) is 1.91. The summed E-state index contributed by atoms with van der Waals surface area (Å²) in [7, 11) is 0. The van der Waals surface area contributed by atoms with Crippen LogP contribution in [0.3, 0.4) is 0 Å². The number of hydrogen-bond acceptors (Lipinski definition) is 1. The van der Waals surface area contributed by atoms with E-state index in [1.807, 2.05) is 20.8 Å². The Kier molecular flexibility index (Phi) is 1.31. The first-order chi connectivity index (χ1) is 5.39. The highest BCUT2D eigenvalue weighted by Gasteiger charge is 2.65. The van der Waals surface area contributed by atoms with Crippen LogP contribution in [0.15, 0.2) is 0 Å². The SMILES string of the molecule is CC1(C)[C@@H]2CC(=O)[C@@]1(C)C[C@H]2F. The van der Waals surface area contributed by atoms with Crippen molar-refractivity contribution in [2.24, 2.45) is 16.7 Å². The van der Waals surface area contributed by atoms with Crippen molar-refractivity contribution in [3.63, 3.8) is 0 Å². The zero-order valence-corrected chi connectivity index (χ0v) is 7.86. The number of carbonyl (C=O) groups excluding carboxylic acids is 1. The molecule has 0 heterocycles. The molecule has 0 aromatic carbocycles. The smallest absolute Gasteiger partial charge is 0.139 e. The summed E-state index contributed by atoms with van der Waals surface area (Å²) in [5, 5.41) is 0. The van der Waals surface area contributed by atoms with Gasteiger partial charge in [-0.2, -0.15) is 0 Å². The van der Waals surface area contributed by atoms with Crippen LogP contribution in [0, 0.1) is 16.7 Å². The lowest BCUT2D eigenvalue weighted by atomic mass is 9.70. The molecule has 0 unspecified atom stereocenters. The molecular weight excluding hydrogens is 155 g/mol. The van der Waals surface area contributed by atoms with Crippen molar-refractivity contribution < 1.29 is 9.18 Å². The van der Waals surface area contributed by atoms with E-state index in [4.69, 9.17) is 0 Å². The topological polar surface area (TPSA) is 17.1 Å². The highest BCUT2D eigenvalue weighted by molar-refractivity contribution is 5.89. The predicted octanol–water partition coefficient (Wildman–Crippen LogP) is 2.35. The Morgan fingerprint density at radius 1 is 1.42 bits per heavy atom. The van der Waals surface area contributed by atoms with Crippen molar-refractivity contribution in [3.8, 4) is 0 Å². The van der Waals surface area contributed by atoms with E-state index in [1.54, 1.807) is 0 Å². The first-order valence-electron chi connectivity index (χ1n) is 4.57. The molecule has 0 amide bonds. The van der Waals surface area contributed by atoms with Gasteiger partial charge in [-0.15, -0.1) is 0 Å². The van der Waals surface area contributed by atoms with Crippen molar-refractivity contribution in [2.45, 2.75) is 39.8 Å². The molecule has 0 aromatic heterocycles. The number of ketones is 1. The average Bonchev–Trinajstić information content (AvgIpc) is 2.18. The minimum Gasteiger partial charge on any atom is -0.299 e. The van der Waals surface area contributed by atoms with Gasteiger partial charge in [0.1, 0.15) is 12.0 Å². The van der Waals surface area contributed by atoms with Crippen LogP contribution in [0.25, 0.3) is 0 Å². The fourth-order valence-electron chi connectivity index (χ4n) is 2.94. The van der Waals surface area contributed by atoms with Crippen molar-refractivity contribution in [2.75, 3.05) is 0 Å². The zero-order valence-electron chi connectivity index (χ0n) is 7.86. The molecule has 3 atom stereocenters. The van der Waals surface area contributed by atoms with Crippen LogP contribution in [-0.2, 0) is 4.79 Å². The number of rotatable bonds is 0. The quantitative estimate of drug-likeness (QED) is 0.545. The van der Waals surface area contributed by atoms with Crippen LogP contribution in [0.5, 0.6) is 0 Å². The molecule has 68 valence electrons. The zero-order chi connectivity index (χ0) is 9.15. The molecule has 2 aliphatic carbocycles. The first-order valence-corrected chi connectivity index (χ1v) is 4.57. The standard InChI is InChI=1S/C10H15FO/c1-9(2)6-4-8(12)10(9,3)5-7(6)11/h6-7H,4-5H2,1-3H3/t6-,7-,10-/m1/s1. The van der Waals surface area contributed by atoms with Gasteiger partial charge >= 0.3 is 0 Å². The van der Waals surface area contributed by atoms with Gasteiger partial charge < -0.3 is 0 Å². The minimum atomic E-state index is -0.748. The van der Waals surface area contributed by atoms with Crippen LogP contribution in [-0.4, -0.2) is 12.0 Å². The van der Waals surface area contributed by atoms with Crippen molar-refractivity contribution in [3.05, 3.63) is 0 Å². The lowest BCUT2D eigenvalue weighted by Crippen LogP contribution is -2.32. The van der Waals surface area contributed by atoms with E-state index in [9.17, 15) is 9.18 Å². The Morgan fingerprint density at radius 2 is 2.00 bits per heavy atom. The largest absolute Gasteiger partial charge is 0.299 e. The van der Waals surface area contributed by atoms with Gasteiger partial charge in [-0.05, 0) is 11.8 Å². The maximum Gasteiger partial charge on any atom is 0.139 e. The van der Waals surface area contributed by atoms with Crippen molar-refractivity contribution >= 4 is 5.78 Å². The monoisotopic (exact) mass is 170 g/mol. The van der Waals surface area contributed by atoms with Gasteiger partial charge in [-0.3, -0.25) is 4.79 Å². The van der Waals surface area contributed by atoms with Gasteiger partial charge in [0, 0.05) is 17.8 Å². The third kappa shape index (κ3) is 0.629. The first kappa shape index (κ1) is 8.21. The number of carbonyl (C=O) groups is 1. The Bertz CT molecular complexity index is 246. The molecular formula is C10H15FO. The van der Waals surface area contributed by atoms with Gasteiger partial charge in [-0.1, -0.05) is 20.8 Å². The molecule has 0 saturated heterocycles. The Labute approximate surface area is 72.3 Å². The lowest BCUT2D eigenvalue weighted by Gasteiger charge is -2.31. The van der Waals surface area contributed by atoms with Gasteiger partial charge in [0.2, 0.25) is 0 Å². The van der Waals surface area contributed by atoms with Gasteiger partial charge in [-0.25, -0.2) is 4.39 Å². The van der Waals surface area contributed by atoms with Gasteiger partial charge in [0.15, 0.2) is 0 Å². The van der Waals surface area contributed by atoms with Crippen LogP contribution in [0.1, 0.15) is 33.6 Å². The molecule has 2 rings (SSSR count). The summed E-state index contributed by atoms with van der Waals surface area (Å²) < 4.78 is 13.4. The predicted molar refractivity (Wildman–Crippen MR) is 44.5 cm³/mol. The van der Waals surface area contributed by atoms with E-state index in [0.717, 1.165) is 0 Å². The summed E-state index contributed by atoms with van der Waals surface area (Å²) in [4.78, 5) is 11.6. The van der Waals surface area contributed by atoms with E-state index in [2.05, 4.69) is 0 Å². The van der Waals surface area contributed by atoms with E-state index >= 15 is 0 Å². The Hall–Kier alpha value is -0.400. The third-order valence-electron chi connectivity index (χ3n) is 4.41. The maximum atomic E-state index is 13.4. The summed E-state index contributed by atoms with van der Waals surface area (Å²) in [5.74, 6) is 0.251. The summed E-state index contributed by atoms with van der Waals surface area (Å²) in [6, 6.07) is 0. The highest BCUT2D eigenvalue weighted by atomic mass is 19.1. The second-order valence-corrected chi connectivity index (χ2v) is 5.01. The van der Waals surface area contributed by atoms with E-state index in [0.29, 0.717) is 12.8 Å². The molecule has 2 fully saturated rings. The average molecular weight is 170 g/mol. The molecule has 0 spiro atoms. The Morgan fingerprint density at radius 3 is 2.25 bits per heavy atom. The lowest BCUT2D eigenvalue weighted by molar-refractivity contribution is -0.129. The number of fused-ring (bicyclic) bond motifs is 2. The fourth-order valence-corrected chi connectivity index (χ4v) is 2.94. The van der Waals surface area contributed by atoms with Crippen LogP contribution < -0.4 is 0 Å². The summed E-state index contributed by atoms with van der Waals surface area (Å²) in [5.41, 5.74) is -0.499. The summed E-state index contributed by atoms with van der Waals surface area (Å²) in [6.45, 7) is 5.99. The second-order valence-electron chi connectivity index (χ2n) is 5.01. The number of Topliss-reactive ketones (excluding diaryl/α,β-unsaturated/α-hetero) is 1. The molecule has 1 nitrogen and oxygen atoms in total. The molecule has 0 aromatic rings. The molecule has 0 radical (unpaired) electrons. The van der Waals surface area contributed by atoms with Crippen LogP contribution >= 0.6 is 0 Å². The van der Waals surface area contributed by atoms with Gasteiger partial charge in [0.05, 0.1) is 0 Å². The third-order valence-corrected chi connectivity index (χ3v) is 4.41. The fraction of sp³-hybridized carbons (Fsp3) is 0.900. The normalized spacial score (nSPS) is 50.2. The molecule has 2 heteroatoms. The van der Waals surface area contributed by atoms with E-state index in [-0.39, 0.29) is 22.5 Å². The van der Waals surface area contributed by atoms with E-state index in [1.165, 1.54) is 0 Å². The highest BCUT2D eigenvalue weighted by Crippen LogP contribution is 2.64. The number of halogens is 1. The molecule has 0 aliphatic heterocycles. The minimum absolute atomic E-state index is 0.0185. The Balaban J connectivity index is 2.47. The van der Waals surface area contributed by atoms with Crippen LogP contribution in [0.4, 0.5) is 4.39 Å². The van der Waals surface area contributed by atoms with Crippen molar-refractivity contribution in [1.29, 1.82) is 0 Å². The molecule has 2 bridgehead atoms. The number of alkyl halides is 1. The summed E-state index contributed by atoms with van der Waals surface area (Å²) >= 11 is 0. The molecule has 12 heavy (non-hydrogen) atoms. The van der Waals surface area contributed by atoms with Gasteiger partial charge in [0.25, 0.3) is 0 Å². The molecule has 2 saturated carbocycles. The molecule has 2 aliphatic rings. The molecule has 0 N–H and O–H groups in total. The summed E-state index contributed by atoms with van der Waals surface area (Å²) in [6.07, 6.45) is 0.163. The number of hydrogen-bond donors (Lipinski definition) is 0. The van der Waals surface area contributed by atoms with E-state index < -0.39 is 6.17 Å². The maximum absolute atomic E-state index is 13.4. The van der Waals surface area contributed by atoms with Crippen molar-refractivity contribution in [1.82, 2.24) is 0 Å².